The van der Waals surface area contributed by atoms with Crippen molar-refractivity contribution in [2.75, 3.05) is 13.1 Å². The van der Waals surface area contributed by atoms with Crippen LogP contribution in [0.1, 0.15) is 24.0 Å². The molecule has 5 nitrogen and oxygen atoms in total. The average molecular weight is 262 g/mol. The molecule has 104 valence electrons. The fourth-order valence-corrected chi connectivity index (χ4v) is 2.49. The molecule has 1 unspecified atom stereocenters. The van der Waals surface area contributed by atoms with Crippen LogP contribution in [0.3, 0.4) is 0 Å². The first kappa shape index (κ1) is 14.0. The zero-order valence-corrected chi connectivity index (χ0v) is 11.1. The molecule has 1 aliphatic heterocycles. The van der Waals surface area contributed by atoms with E-state index in [4.69, 9.17) is 11.6 Å². The van der Waals surface area contributed by atoms with Crippen molar-refractivity contribution in [3.05, 3.63) is 35.4 Å². The second kappa shape index (κ2) is 6.65. The number of hydrogen-bond acceptors (Lipinski definition) is 4. The Morgan fingerprint density at radius 2 is 2.00 bits per heavy atom. The molecule has 0 spiro atoms. The highest BCUT2D eigenvalue weighted by atomic mass is 16.2. The third-order valence-corrected chi connectivity index (χ3v) is 3.50. The van der Waals surface area contributed by atoms with Gasteiger partial charge in [0.1, 0.15) is 0 Å². The van der Waals surface area contributed by atoms with Crippen molar-refractivity contribution < 1.29 is 4.79 Å². The summed E-state index contributed by atoms with van der Waals surface area (Å²) >= 11 is 0. The maximum absolute atomic E-state index is 11.2. The molecule has 1 amide bonds. The van der Waals surface area contributed by atoms with Crippen molar-refractivity contribution in [1.29, 1.82) is 0 Å². The summed E-state index contributed by atoms with van der Waals surface area (Å²) in [7, 11) is 0. The van der Waals surface area contributed by atoms with Gasteiger partial charge in [0.25, 0.3) is 0 Å². The third-order valence-electron chi connectivity index (χ3n) is 3.50. The van der Waals surface area contributed by atoms with E-state index in [2.05, 4.69) is 22.5 Å². The molecule has 0 aromatic heterocycles. The van der Waals surface area contributed by atoms with E-state index in [0.717, 1.165) is 31.6 Å². The minimum atomic E-state index is -0.172. The van der Waals surface area contributed by atoms with Crippen molar-refractivity contribution in [3.63, 3.8) is 0 Å². The van der Waals surface area contributed by atoms with Gasteiger partial charge in [0, 0.05) is 19.1 Å². The first-order chi connectivity index (χ1) is 9.17. The Hall–Kier alpha value is -1.43. The molecule has 1 aromatic rings. The molecule has 2 rings (SSSR count). The lowest BCUT2D eigenvalue weighted by Gasteiger charge is -2.30. The molecule has 1 aliphatic rings. The molecule has 1 aromatic carbocycles. The van der Waals surface area contributed by atoms with Gasteiger partial charge in [-0.25, -0.2) is 5.84 Å². The molecule has 1 fully saturated rings. The smallest absolute Gasteiger partial charge is 0.238 e. The Balaban J connectivity index is 1.89. The summed E-state index contributed by atoms with van der Waals surface area (Å²) in [5.74, 6) is 4.90. The summed E-state index contributed by atoms with van der Waals surface area (Å²) in [6, 6.07) is 8.41. The van der Waals surface area contributed by atoms with Gasteiger partial charge >= 0.3 is 0 Å². The van der Waals surface area contributed by atoms with E-state index in [0.29, 0.717) is 12.5 Å². The van der Waals surface area contributed by atoms with Crippen molar-refractivity contribution >= 4 is 5.91 Å². The van der Waals surface area contributed by atoms with Gasteiger partial charge in [-0.15, -0.1) is 0 Å². The predicted molar refractivity (Wildman–Crippen MR) is 75.0 cm³/mol. The zero-order chi connectivity index (χ0) is 13.7. The van der Waals surface area contributed by atoms with Crippen LogP contribution in [-0.4, -0.2) is 29.9 Å². The van der Waals surface area contributed by atoms with E-state index in [1.165, 1.54) is 12.0 Å². The molecule has 5 heteroatoms. The van der Waals surface area contributed by atoms with Gasteiger partial charge in [0.05, 0.1) is 6.42 Å². The number of nitrogens with zero attached hydrogens (tertiary/aromatic N) is 1. The van der Waals surface area contributed by atoms with Crippen LogP contribution in [0.4, 0.5) is 0 Å². The molecule has 5 N–H and O–H groups in total. The zero-order valence-electron chi connectivity index (χ0n) is 11.1. The lowest BCUT2D eigenvalue weighted by Crippen LogP contribution is -2.42. The van der Waals surface area contributed by atoms with Crippen molar-refractivity contribution in [2.45, 2.75) is 31.8 Å². The van der Waals surface area contributed by atoms with Crippen molar-refractivity contribution in [1.82, 2.24) is 10.3 Å². The normalized spacial score (nSPS) is 20.2. The number of piperidine rings is 1. The summed E-state index contributed by atoms with van der Waals surface area (Å²) in [4.78, 5) is 13.5. The van der Waals surface area contributed by atoms with Crippen molar-refractivity contribution in [3.8, 4) is 0 Å². The van der Waals surface area contributed by atoms with Crippen molar-refractivity contribution in [2.24, 2.45) is 11.6 Å². The SMILES string of the molecule is NNC(=O)Cc1ccc(CN2CCCC(N)C2)cc1. The van der Waals surface area contributed by atoms with Crippen LogP contribution in [0, 0.1) is 0 Å². The summed E-state index contributed by atoms with van der Waals surface area (Å²) in [5.41, 5.74) is 10.3. The van der Waals surface area contributed by atoms with Gasteiger partial charge in [-0.05, 0) is 30.5 Å². The van der Waals surface area contributed by atoms with Crippen LogP contribution < -0.4 is 17.0 Å². The molecule has 0 radical (unpaired) electrons. The first-order valence-electron chi connectivity index (χ1n) is 6.72. The summed E-state index contributed by atoms with van der Waals surface area (Å²) in [6.45, 7) is 3.01. The number of rotatable bonds is 4. The molecule has 1 heterocycles. The van der Waals surface area contributed by atoms with E-state index < -0.39 is 0 Å². The fraction of sp³-hybridized carbons (Fsp3) is 0.500. The van der Waals surface area contributed by atoms with Gasteiger partial charge in [-0.3, -0.25) is 15.1 Å². The molecular formula is C14H22N4O. The Labute approximate surface area is 113 Å². The lowest BCUT2D eigenvalue weighted by molar-refractivity contribution is -0.120. The van der Waals surface area contributed by atoms with E-state index in [-0.39, 0.29) is 5.91 Å². The minimum Gasteiger partial charge on any atom is -0.327 e. The van der Waals surface area contributed by atoms with Gasteiger partial charge in [-0.1, -0.05) is 24.3 Å². The average Bonchev–Trinajstić information content (AvgIpc) is 2.41. The number of nitrogens with one attached hydrogen (secondary N) is 1. The predicted octanol–water partition coefficient (Wildman–Crippen LogP) is 0.142. The number of likely N-dealkylation sites (tertiary alicyclic amines) is 1. The quantitative estimate of drug-likeness (QED) is 0.409. The van der Waals surface area contributed by atoms with Crippen LogP contribution in [0.2, 0.25) is 0 Å². The Morgan fingerprint density at radius 3 is 2.63 bits per heavy atom. The highest BCUT2D eigenvalue weighted by molar-refractivity contribution is 5.77. The molecule has 19 heavy (non-hydrogen) atoms. The Morgan fingerprint density at radius 1 is 1.32 bits per heavy atom. The number of amides is 1. The molecule has 0 aliphatic carbocycles. The number of carbonyl (C=O) groups excluding carboxylic acids is 1. The van der Waals surface area contributed by atoms with Crippen LogP contribution in [0.15, 0.2) is 24.3 Å². The molecule has 1 atom stereocenters. The number of carbonyl (C=O) groups is 1. The van der Waals surface area contributed by atoms with Crippen LogP contribution in [0.25, 0.3) is 0 Å². The second-order valence-electron chi connectivity index (χ2n) is 5.20. The van der Waals surface area contributed by atoms with E-state index in [1.54, 1.807) is 0 Å². The van der Waals surface area contributed by atoms with E-state index in [1.807, 2.05) is 12.1 Å². The van der Waals surface area contributed by atoms with Gasteiger partial charge in [0.15, 0.2) is 0 Å². The fourth-order valence-electron chi connectivity index (χ4n) is 2.49. The monoisotopic (exact) mass is 262 g/mol. The van der Waals surface area contributed by atoms with Gasteiger partial charge < -0.3 is 5.73 Å². The maximum Gasteiger partial charge on any atom is 0.238 e. The topological polar surface area (TPSA) is 84.4 Å². The maximum atomic E-state index is 11.2. The Bertz CT molecular complexity index is 418. The number of nitrogens with two attached hydrogens (primary N) is 2. The molecular weight excluding hydrogens is 240 g/mol. The molecule has 0 saturated carbocycles. The highest BCUT2D eigenvalue weighted by Gasteiger charge is 2.16. The van der Waals surface area contributed by atoms with Crippen LogP contribution in [-0.2, 0) is 17.8 Å². The first-order valence-corrected chi connectivity index (χ1v) is 6.72. The van der Waals surface area contributed by atoms with Crippen LogP contribution >= 0.6 is 0 Å². The largest absolute Gasteiger partial charge is 0.327 e. The lowest BCUT2D eigenvalue weighted by atomic mass is 10.0. The highest BCUT2D eigenvalue weighted by Crippen LogP contribution is 2.13. The van der Waals surface area contributed by atoms with Crippen LogP contribution in [0.5, 0.6) is 0 Å². The summed E-state index contributed by atoms with van der Waals surface area (Å²) in [6.07, 6.45) is 2.63. The molecule has 1 saturated heterocycles. The number of benzene rings is 1. The standard InChI is InChI=1S/C14H22N4O/c15-13-2-1-7-18(10-13)9-12-5-3-11(4-6-12)8-14(19)17-16/h3-6,13H,1-2,7-10,15-16H2,(H,17,19). The van der Waals surface area contributed by atoms with Gasteiger partial charge in [0.2, 0.25) is 5.91 Å². The number of hydrazine groups is 1. The third kappa shape index (κ3) is 4.31. The summed E-state index contributed by atoms with van der Waals surface area (Å²) in [5, 5.41) is 0. The Kier molecular flexibility index (Phi) is 4.90. The van der Waals surface area contributed by atoms with E-state index >= 15 is 0 Å². The molecule has 0 bridgehead atoms. The second-order valence-corrected chi connectivity index (χ2v) is 5.20. The van der Waals surface area contributed by atoms with Gasteiger partial charge in [-0.2, -0.15) is 0 Å². The van der Waals surface area contributed by atoms with E-state index in [9.17, 15) is 4.79 Å². The minimum absolute atomic E-state index is 0.172. The summed E-state index contributed by atoms with van der Waals surface area (Å²) < 4.78 is 0. The number of hydrogen-bond donors (Lipinski definition) is 3.